The number of carbonyl (C=O) groups is 2. The predicted octanol–water partition coefficient (Wildman–Crippen LogP) is 3.26. The van der Waals surface area contributed by atoms with E-state index in [2.05, 4.69) is 10.2 Å². The number of nitrogens with zero attached hydrogens (tertiary/aromatic N) is 3. The van der Waals surface area contributed by atoms with E-state index in [1.165, 1.54) is 17.0 Å². The second-order valence-electron chi connectivity index (χ2n) is 7.22. The number of hydrogen-bond acceptors (Lipinski definition) is 3. The van der Waals surface area contributed by atoms with Gasteiger partial charge in [0.15, 0.2) is 5.69 Å². The Balaban J connectivity index is 1.46. The van der Waals surface area contributed by atoms with E-state index in [0.29, 0.717) is 55.2 Å². The molecule has 2 aromatic rings. The number of amides is 2. The minimum Gasteiger partial charge on any atom is -0.465 e. The van der Waals surface area contributed by atoms with Crippen LogP contribution in [0.2, 0.25) is 5.02 Å². The molecule has 7 nitrogen and oxygen atoms in total. The van der Waals surface area contributed by atoms with Gasteiger partial charge in [0.05, 0.1) is 6.54 Å². The summed E-state index contributed by atoms with van der Waals surface area (Å²) in [7, 11) is 0. The quantitative estimate of drug-likeness (QED) is 0.801. The number of piperidine rings is 1. The lowest BCUT2D eigenvalue weighted by Crippen LogP contribution is -2.40. The van der Waals surface area contributed by atoms with Gasteiger partial charge in [-0.25, -0.2) is 9.18 Å². The van der Waals surface area contributed by atoms with Crippen molar-refractivity contribution in [3.05, 3.63) is 51.6 Å². The number of likely N-dealkylation sites (tertiary alicyclic amines) is 1. The van der Waals surface area contributed by atoms with Gasteiger partial charge >= 0.3 is 6.09 Å². The minimum atomic E-state index is -1.00. The zero-order valence-corrected chi connectivity index (χ0v) is 15.9. The van der Waals surface area contributed by atoms with Gasteiger partial charge in [-0.3, -0.25) is 9.89 Å². The van der Waals surface area contributed by atoms with Gasteiger partial charge in [0, 0.05) is 42.3 Å². The molecule has 2 N–H and O–H groups in total. The van der Waals surface area contributed by atoms with Crippen molar-refractivity contribution in [2.45, 2.75) is 31.7 Å². The van der Waals surface area contributed by atoms with Gasteiger partial charge in [0.1, 0.15) is 5.82 Å². The largest absolute Gasteiger partial charge is 0.465 e. The molecule has 0 spiro atoms. The Kier molecular flexibility index (Phi) is 4.97. The molecule has 0 atom stereocenters. The number of aromatic nitrogens is 2. The fraction of sp³-hybridized carbons (Fsp3) is 0.421. The van der Waals surface area contributed by atoms with Crippen LogP contribution in [0, 0.1) is 5.82 Å². The summed E-state index contributed by atoms with van der Waals surface area (Å²) in [6, 6.07) is 4.37. The van der Waals surface area contributed by atoms with Gasteiger partial charge in [-0.2, -0.15) is 5.10 Å². The second-order valence-corrected chi connectivity index (χ2v) is 7.62. The van der Waals surface area contributed by atoms with Crippen LogP contribution in [0.25, 0.3) is 0 Å². The molecular weight excluding hydrogens is 387 g/mol. The molecule has 0 aliphatic carbocycles. The number of hydrogen-bond donors (Lipinski definition) is 2. The van der Waals surface area contributed by atoms with Crippen LogP contribution in [0.5, 0.6) is 0 Å². The first-order chi connectivity index (χ1) is 13.4. The maximum absolute atomic E-state index is 13.6. The maximum Gasteiger partial charge on any atom is 0.407 e. The molecule has 4 rings (SSSR count). The van der Waals surface area contributed by atoms with Gasteiger partial charge < -0.3 is 14.9 Å². The third-order valence-electron chi connectivity index (χ3n) is 5.59. The first kappa shape index (κ1) is 18.7. The zero-order chi connectivity index (χ0) is 19.8. The number of aromatic amines is 1. The van der Waals surface area contributed by atoms with E-state index in [1.54, 1.807) is 11.0 Å². The summed E-state index contributed by atoms with van der Waals surface area (Å²) in [5.41, 5.74) is 2.56. The Morgan fingerprint density at radius 3 is 2.68 bits per heavy atom. The summed E-state index contributed by atoms with van der Waals surface area (Å²) in [4.78, 5) is 27.2. The van der Waals surface area contributed by atoms with Crippen LogP contribution in [-0.2, 0) is 13.0 Å². The molecule has 1 fully saturated rings. The van der Waals surface area contributed by atoms with Crippen molar-refractivity contribution >= 4 is 23.6 Å². The molecule has 1 aromatic carbocycles. The molecule has 2 aliphatic rings. The lowest BCUT2D eigenvalue weighted by atomic mass is 9.89. The predicted molar refractivity (Wildman–Crippen MR) is 100 cm³/mol. The number of carbonyl (C=O) groups excluding carboxylic acids is 1. The third kappa shape index (κ3) is 3.44. The fourth-order valence-electron chi connectivity index (χ4n) is 4.01. The third-order valence-corrected chi connectivity index (χ3v) is 5.93. The normalized spacial score (nSPS) is 17.5. The van der Waals surface area contributed by atoms with E-state index in [0.717, 1.165) is 11.3 Å². The highest BCUT2D eigenvalue weighted by molar-refractivity contribution is 6.31. The molecule has 3 heterocycles. The summed E-state index contributed by atoms with van der Waals surface area (Å²) in [6.07, 6.45) is 0.881. The number of benzene rings is 1. The molecule has 9 heteroatoms. The lowest BCUT2D eigenvalue weighted by molar-refractivity contribution is 0.0703. The fourth-order valence-corrected chi connectivity index (χ4v) is 4.28. The molecule has 2 aliphatic heterocycles. The topological polar surface area (TPSA) is 89.5 Å². The van der Waals surface area contributed by atoms with Crippen molar-refractivity contribution in [3.63, 3.8) is 0 Å². The lowest BCUT2D eigenvalue weighted by Gasteiger charge is -2.32. The van der Waals surface area contributed by atoms with E-state index < -0.39 is 6.09 Å². The summed E-state index contributed by atoms with van der Waals surface area (Å²) in [5.74, 6) is -0.416. The Labute approximate surface area is 166 Å². The smallest absolute Gasteiger partial charge is 0.407 e. The molecule has 2 amide bonds. The molecule has 148 valence electrons. The number of halogens is 2. The Bertz CT molecular complexity index is 924. The van der Waals surface area contributed by atoms with Crippen molar-refractivity contribution in [1.82, 2.24) is 20.0 Å². The van der Waals surface area contributed by atoms with Gasteiger partial charge in [0.25, 0.3) is 5.91 Å². The Morgan fingerprint density at radius 2 is 1.96 bits per heavy atom. The second kappa shape index (κ2) is 7.43. The van der Waals surface area contributed by atoms with Crippen LogP contribution in [-0.4, -0.2) is 56.7 Å². The average Bonchev–Trinajstić information content (AvgIpc) is 3.12. The van der Waals surface area contributed by atoms with Gasteiger partial charge in [0.2, 0.25) is 0 Å². The number of nitrogens with one attached hydrogen (secondary N) is 1. The van der Waals surface area contributed by atoms with Crippen LogP contribution < -0.4 is 0 Å². The standard InChI is InChI=1S/C19H20ClFN4O3/c20-15-2-1-12(21)9-13(15)11-3-6-24(7-4-11)18(26)17-14-10-25(19(27)28)8-5-16(14)22-23-17/h1-2,9,11H,3-8,10H2,(H,22,23)(H,27,28). The monoisotopic (exact) mass is 406 g/mol. The SMILES string of the molecule is O=C(O)N1CCc2[nH]nc(C(=O)N3CCC(c4cc(F)ccc4Cl)CC3)c2C1. The van der Waals surface area contributed by atoms with Gasteiger partial charge in [-0.1, -0.05) is 11.6 Å². The van der Waals surface area contributed by atoms with Crippen molar-refractivity contribution in [1.29, 1.82) is 0 Å². The molecule has 1 aromatic heterocycles. The summed E-state index contributed by atoms with van der Waals surface area (Å²) < 4.78 is 13.6. The van der Waals surface area contributed by atoms with Crippen molar-refractivity contribution in [3.8, 4) is 0 Å². The summed E-state index contributed by atoms with van der Waals surface area (Å²) >= 11 is 6.21. The van der Waals surface area contributed by atoms with Crippen molar-refractivity contribution in [2.24, 2.45) is 0 Å². The van der Waals surface area contributed by atoms with E-state index in [4.69, 9.17) is 11.6 Å². The van der Waals surface area contributed by atoms with E-state index in [-0.39, 0.29) is 24.2 Å². The molecule has 0 radical (unpaired) electrons. The molecule has 0 unspecified atom stereocenters. The number of H-pyrrole nitrogens is 1. The van der Waals surface area contributed by atoms with E-state index in [1.807, 2.05) is 0 Å². The number of fused-ring (bicyclic) bond motifs is 1. The summed E-state index contributed by atoms with van der Waals surface area (Å²) in [6.45, 7) is 1.58. The zero-order valence-electron chi connectivity index (χ0n) is 15.1. The molecule has 0 saturated carbocycles. The average molecular weight is 407 g/mol. The van der Waals surface area contributed by atoms with Crippen molar-refractivity contribution < 1.29 is 19.1 Å². The van der Waals surface area contributed by atoms with Crippen LogP contribution in [0.1, 0.15) is 46.1 Å². The first-order valence-corrected chi connectivity index (χ1v) is 9.60. The van der Waals surface area contributed by atoms with Crippen LogP contribution in [0.15, 0.2) is 18.2 Å². The Hall–Kier alpha value is -2.61. The molecule has 28 heavy (non-hydrogen) atoms. The van der Waals surface area contributed by atoms with Crippen LogP contribution in [0.4, 0.5) is 9.18 Å². The summed E-state index contributed by atoms with van der Waals surface area (Å²) in [5, 5.41) is 16.8. The molecule has 1 saturated heterocycles. The highest BCUT2D eigenvalue weighted by Gasteiger charge is 2.32. The van der Waals surface area contributed by atoms with Crippen molar-refractivity contribution in [2.75, 3.05) is 19.6 Å². The van der Waals surface area contributed by atoms with Gasteiger partial charge in [-0.15, -0.1) is 0 Å². The van der Waals surface area contributed by atoms with E-state index >= 15 is 0 Å². The number of carboxylic acid groups (broad SMARTS) is 1. The molecule has 0 bridgehead atoms. The van der Waals surface area contributed by atoms with Crippen LogP contribution in [0.3, 0.4) is 0 Å². The highest BCUT2D eigenvalue weighted by atomic mass is 35.5. The van der Waals surface area contributed by atoms with E-state index in [9.17, 15) is 19.1 Å². The highest BCUT2D eigenvalue weighted by Crippen LogP contribution is 2.34. The number of rotatable bonds is 2. The van der Waals surface area contributed by atoms with Crippen LogP contribution >= 0.6 is 11.6 Å². The van der Waals surface area contributed by atoms with Gasteiger partial charge in [-0.05, 0) is 42.5 Å². The first-order valence-electron chi connectivity index (χ1n) is 9.22. The Morgan fingerprint density at radius 1 is 1.21 bits per heavy atom. The maximum atomic E-state index is 13.6. The minimum absolute atomic E-state index is 0.0999. The molecular formula is C19H20ClFN4O3.